The van der Waals surface area contributed by atoms with E-state index in [4.69, 9.17) is 5.11 Å². The number of carboxylic acids is 1. The molecule has 2 rings (SSSR count). The number of aromatic nitrogens is 1. The van der Waals surface area contributed by atoms with E-state index in [1.165, 1.54) is 17.0 Å². The molecule has 1 amide bonds. The van der Waals surface area contributed by atoms with Gasteiger partial charge in [0.1, 0.15) is 5.82 Å². The molecule has 0 aliphatic carbocycles. The highest BCUT2D eigenvalue weighted by molar-refractivity contribution is 5.88. The van der Waals surface area contributed by atoms with E-state index in [0.717, 1.165) is 11.1 Å². The molecule has 0 aliphatic heterocycles. The zero-order valence-electron chi connectivity index (χ0n) is 13.1. The van der Waals surface area contributed by atoms with Gasteiger partial charge in [0.15, 0.2) is 0 Å². The van der Waals surface area contributed by atoms with Gasteiger partial charge in [-0.15, -0.1) is 0 Å². The van der Waals surface area contributed by atoms with Crippen LogP contribution in [0.1, 0.15) is 31.1 Å². The van der Waals surface area contributed by atoms with E-state index in [2.05, 4.69) is 4.98 Å². The van der Waals surface area contributed by atoms with Crippen LogP contribution in [0.3, 0.4) is 0 Å². The zero-order chi connectivity index (χ0) is 17.2. The first-order chi connectivity index (χ1) is 10.7. The summed E-state index contributed by atoms with van der Waals surface area (Å²) < 4.78 is 0. The van der Waals surface area contributed by atoms with Crippen LogP contribution >= 0.6 is 0 Å². The summed E-state index contributed by atoms with van der Waals surface area (Å²) in [5, 5.41) is 18.3. The Hall–Kier alpha value is -2.89. The SMILES string of the molecule is CC(C)(C)N(C(=O)O)c1ccc(-c2ccc(C(=O)O)cc2)cn1. The van der Waals surface area contributed by atoms with Crippen LogP contribution in [0.15, 0.2) is 42.6 Å². The van der Waals surface area contributed by atoms with E-state index in [-0.39, 0.29) is 5.56 Å². The third-order valence-corrected chi connectivity index (χ3v) is 3.30. The van der Waals surface area contributed by atoms with Crippen molar-refractivity contribution in [3.05, 3.63) is 48.2 Å². The lowest BCUT2D eigenvalue weighted by Crippen LogP contribution is -2.45. The monoisotopic (exact) mass is 314 g/mol. The minimum Gasteiger partial charge on any atom is -0.478 e. The molecule has 0 saturated carbocycles. The van der Waals surface area contributed by atoms with Crippen LogP contribution in [-0.4, -0.2) is 32.8 Å². The molecule has 0 saturated heterocycles. The maximum atomic E-state index is 11.4. The summed E-state index contributed by atoms with van der Waals surface area (Å²) in [4.78, 5) is 27.7. The Labute approximate surface area is 134 Å². The predicted molar refractivity (Wildman–Crippen MR) is 86.9 cm³/mol. The molecule has 1 aromatic heterocycles. The Bertz CT molecular complexity index is 716. The Balaban J connectivity index is 2.32. The molecular formula is C17H18N2O4. The molecule has 0 fully saturated rings. The summed E-state index contributed by atoms with van der Waals surface area (Å²) in [6.07, 6.45) is 0.510. The van der Waals surface area contributed by atoms with Crippen LogP contribution in [0, 0.1) is 0 Å². The largest absolute Gasteiger partial charge is 0.478 e. The number of nitrogens with zero attached hydrogens (tertiary/aromatic N) is 2. The van der Waals surface area contributed by atoms with Crippen LogP contribution in [0.2, 0.25) is 0 Å². The van der Waals surface area contributed by atoms with Crippen LogP contribution in [0.5, 0.6) is 0 Å². The third kappa shape index (κ3) is 3.66. The summed E-state index contributed by atoms with van der Waals surface area (Å²) in [7, 11) is 0. The molecule has 1 heterocycles. The Morgan fingerprint density at radius 3 is 1.91 bits per heavy atom. The third-order valence-electron chi connectivity index (χ3n) is 3.30. The molecule has 0 bridgehead atoms. The van der Waals surface area contributed by atoms with Crippen molar-refractivity contribution in [3.63, 3.8) is 0 Å². The van der Waals surface area contributed by atoms with E-state index in [9.17, 15) is 14.7 Å². The fourth-order valence-corrected chi connectivity index (χ4v) is 2.22. The number of pyridine rings is 1. The van der Waals surface area contributed by atoms with Crippen molar-refractivity contribution >= 4 is 17.9 Å². The molecule has 0 spiro atoms. The lowest BCUT2D eigenvalue weighted by Gasteiger charge is -2.32. The van der Waals surface area contributed by atoms with Gasteiger partial charge in [-0.25, -0.2) is 14.6 Å². The van der Waals surface area contributed by atoms with Gasteiger partial charge in [0, 0.05) is 17.3 Å². The Morgan fingerprint density at radius 1 is 0.957 bits per heavy atom. The van der Waals surface area contributed by atoms with Crippen molar-refractivity contribution in [1.82, 2.24) is 4.98 Å². The summed E-state index contributed by atoms with van der Waals surface area (Å²) in [6.45, 7) is 5.38. The van der Waals surface area contributed by atoms with Gasteiger partial charge in [-0.05, 0) is 50.6 Å². The van der Waals surface area contributed by atoms with Gasteiger partial charge >= 0.3 is 12.1 Å². The molecule has 6 nitrogen and oxygen atoms in total. The van der Waals surface area contributed by atoms with Gasteiger partial charge in [-0.2, -0.15) is 0 Å². The van der Waals surface area contributed by atoms with E-state index >= 15 is 0 Å². The van der Waals surface area contributed by atoms with E-state index in [1.807, 2.05) is 0 Å². The van der Waals surface area contributed by atoms with Gasteiger partial charge in [-0.1, -0.05) is 12.1 Å². The second-order valence-electron chi connectivity index (χ2n) is 6.08. The highest BCUT2D eigenvalue weighted by Gasteiger charge is 2.28. The molecule has 1 aromatic carbocycles. The second-order valence-corrected chi connectivity index (χ2v) is 6.08. The van der Waals surface area contributed by atoms with E-state index in [1.54, 1.807) is 51.2 Å². The van der Waals surface area contributed by atoms with Crippen LogP contribution < -0.4 is 4.90 Å². The highest BCUT2D eigenvalue weighted by atomic mass is 16.4. The van der Waals surface area contributed by atoms with Gasteiger partial charge < -0.3 is 10.2 Å². The average Bonchev–Trinajstić information content (AvgIpc) is 2.46. The van der Waals surface area contributed by atoms with Crippen LogP contribution in [-0.2, 0) is 0 Å². The van der Waals surface area contributed by atoms with Crippen molar-refractivity contribution < 1.29 is 19.8 Å². The minimum absolute atomic E-state index is 0.211. The second kappa shape index (κ2) is 6.08. The quantitative estimate of drug-likeness (QED) is 0.900. The van der Waals surface area contributed by atoms with Crippen molar-refractivity contribution in [2.45, 2.75) is 26.3 Å². The first-order valence-corrected chi connectivity index (χ1v) is 7.03. The molecule has 2 aromatic rings. The first kappa shape index (κ1) is 16.5. The van der Waals surface area contributed by atoms with Crippen molar-refractivity contribution in [2.75, 3.05) is 4.90 Å². The van der Waals surface area contributed by atoms with Crippen molar-refractivity contribution in [1.29, 1.82) is 0 Å². The number of carbonyl (C=O) groups is 2. The maximum absolute atomic E-state index is 11.4. The molecule has 23 heavy (non-hydrogen) atoms. The normalized spacial score (nSPS) is 11.1. The lowest BCUT2D eigenvalue weighted by molar-refractivity contribution is 0.0697. The van der Waals surface area contributed by atoms with Gasteiger partial charge in [0.25, 0.3) is 0 Å². The van der Waals surface area contributed by atoms with Gasteiger partial charge in [0.05, 0.1) is 5.56 Å². The summed E-state index contributed by atoms with van der Waals surface area (Å²) in [5.74, 6) is -0.636. The maximum Gasteiger partial charge on any atom is 0.413 e. The smallest absolute Gasteiger partial charge is 0.413 e. The van der Waals surface area contributed by atoms with Crippen LogP contribution in [0.25, 0.3) is 11.1 Å². The molecule has 2 N–H and O–H groups in total. The molecule has 0 aliphatic rings. The highest BCUT2D eigenvalue weighted by Crippen LogP contribution is 2.25. The summed E-state index contributed by atoms with van der Waals surface area (Å²) >= 11 is 0. The predicted octanol–water partition coefficient (Wildman–Crippen LogP) is 3.73. The van der Waals surface area contributed by atoms with Crippen molar-refractivity contribution in [2.24, 2.45) is 0 Å². The lowest BCUT2D eigenvalue weighted by atomic mass is 10.0. The number of aromatic carboxylic acids is 1. The number of carboxylic acid groups (broad SMARTS) is 2. The molecule has 0 unspecified atom stereocenters. The molecule has 0 radical (unpaired) electrons. The van der Waals surface area contributed by atoms with Gasteiger partial charge in [0.2, 0.25) is 0 Å². The number of anilines is 1. The summed E-state index contributed by atoms with van der Waals surface area (Å²) in [5.41, 5.74) is 1.20. The van der Waals surface area contributed by atoms with Crippen LogP contribution in [0.4, 0.5) is 10.6 Å². The molecular weight excluding hydrogens is 296 g/mol. The number of benzene rings is 1. The Morgan fingerprint density at radius 2 is 1.52 bits per heavy atom. The average molecular weight is 314 g/mol. The summed E-state index contributed by atoms with van der Waals surface area (Å²) in [6, 6.07) is 9.83. The molecule has 6 heteroatoms. The van der Waals surface area contributed by atoms with Gasteiger partial charge in [-0.3, -0.25) is 4.90 Å². The topological polar surface area (TPSA) is 90.7 Å². The first-order valence-electron chi connectivity index (χ1n) is 7.03. The number of hydrogen-bond donors (Lipinski definition) is 2. The number of hydrogen-bond acceptors (Lipinski definition) is 3. The molecule has 0 atom stereocenters. The van der Waals surface area contributed by atoms with E-state index in [0.29, 0.717) is 5.82 Å². The zero-order valence-corrected chi connectivity index (χ0v) is 13.1. The standard InChI is InChI=1S/C17H18N2O4/c1-17(2,3)19(16(22)23)14-9-8-13(10-18-14)11-4-6-12(7-5-11)15(20)21/h4-10H,1-3H3,(H,20,21)(H,22,23). The van der Waals surface area contributed by atoms with E-state index < -0.39 is 17.6 Å². The number of amides is 1. The molecule has 120 valence electrons. The Kier molecular flexibility index (Phi) is 4.36. The van der Waals surface area contributed by atoms with Crippen molar-refractivity contribution in [3.8, 4) is 11.1 Å². The minimum atomic E-state index is -1.07. The number of rotatable bonds is 3. The fourth-order valence-electron chi connectivity index (χ4n) is 2.22. The fraction of sp³-hybridized carbons (Fsp3) is 0.235.